The standard InChI is InChI=1S/C20H21N5O3/c1-27-16-6-4-15(5-7-16)24-10-12-25(13-11-24)19-9-8-18(22-23-19)21-20(26)17-3-2-14-28-17/h2-9,14H,10-13H2,1H3,(H,21,22,26). The highest BCUT2D eigenvalue weighted by molar-refractivity contribution is 6.01. The summed E-state index contributed by atoms with van der Waals surface area (Å²) in [5.74, 6) is 1.94. The van der Waals surface area contributed by atoms with Crippen LogP contribution in [0.1, 0.15) is 10.6 Å². The Balaban J connectivity index is 1.33. The molecular weight excluding hydrogens is 358 g/mol. The van der Waals surface area contributed by atoms with Gasteiger partial charge in [0, 0.05) is 31.9 Å². The third kappa shape index (κ3) is 3.90. The fourth-order valence-electron chi connectivity index (χ4n) is 3.13. The van der Waals surface area contributed by atoms with Gasteiger partial charge in [-0.2, -0.15) is 0 Å². The molecule has 1 aromatic carbocycles. The highest BCUT2D eigenvalue weighted by Crippen LogP contribution is 2.22. The lowest BCUT2D eigenvalue weighted by Gasteiger charge is -2.36. The van der Waals surface area contributed by atoms with E-state index in [0.29, 0.717) is 5.82 Å². The van der Waals surface area contributed by atoms with Crippen LogP contribution in [-0.4, -0.2) is 49.4 Å². The predicted molar refractivity (Wildman–Crippen MR) is 106 cm³/mol. The van der Waals surface area contributed by atoms with Crippen LogP contribution in [0.2, 0.25) is 0 Å². The Hall–Kier alpha value is -3.55. The molecular formula is C20H21N5O3. The molecule has 0 atom stereocenters. The van der Waals surface area contributed by atoms with Crippen molar-refractivity contribution in [3.63, 3.8) is 0 Å². The number of hydrogen-bond donors (Lipinski definition) is 1. The number of ether oxygens (including phenoxy) is 1. The van der Waals surface area contributed by atoms with E-state index in [1.54, 1.807) is 25.3 Å². The van der Waals surface area contributed by atoms with Crippen molar-refractivity contribution < 1.29 is 13.9 Å². The minimum atomic E-state index is -0.347. The number of rotatable bonds is 5. The normalized spacial score (nSPS) is 14.0. The molecule has 0 bridgehead atoms. The van der Waals surface area contributed by atoms with Gasteiger partial charge >= 0.3 is 0 Å². The van der Waals surface area contributed by atoms with Crippen LogP contribution in [0.15, 0.2) is 59.2 Å². The molecule has 0 aliphatic carbocycles. The number of methoxy groups -OCH3 is 1. The maximum absolute atomic E-state index is 12.0. The van der Waals surface area contributed by atoms with E-state index < -0.39 is 0 Å². The first-order valence-electron chi connectivity index (χ1n) is 9.05. The van der Waals surface area contributed by atoms with Gasteiger partial charge in [-0.05, 0) is 48.5 Å². The smallest absolute Gasteiger partial charge is 0.292 e. The number of carbonyl (C=O) groups excluding carboxylic acids is 1. The van der Waals surface area contributed by atoms with Crippen LogP contribution in [0.3, 0.4) is 0 Å². The number of furan rings is 1. The van der Waals surface area contributed by atoms with E-state index in [1.165, 1.54) is 12.0 Å². The van der Waals surface area contributed by atoms with Gasteiger partial charge in [-0.25, -0.2) is 0 Å². The summed E-state index contributed by atoms with van der Waals surface area (Å²) in [6.07, 6.45) is 1.45. The minimum absolute atomic E-state index is 0.237. The molecule has 4 rings (SSSR count). The fraction of sp³-hybridized carbons (Fsp3) is 0.250. The molecule has 1 amide bonds. The predicted octanol–water partition coefficient (Wildman–Crippen LogP) is 2.66. The molecule has 2 aromatic heterocycles. The first-order chi connectivity index (χ1) is 13.7. The maximum Gasteiger partial charge on any atom is 0.292 e. The molecule has 1 aliphatic heterocycles. The summed E-state index contributed by atoms with van der Waals surface area (Å²) < 4.78 is 10.3. The van der Waals surface area contributed by atoms with Crippen molar-refractivity contribution in [2.24, 2.45) is 0 Å². The van der Waals surface area contributed by atoms with Crippen LogP contribution in [0, 0.1) is 0 Å². The Morgan fingerprint density at radius 1 is 1.00 bits per heavy atom. The number of benzene rings is 1. The number of anilines is 3. The van der Waals surface area contributed by atoms with Gasteiger partial charge in [0.2, 0.25) is 0 Å². The summed E-state index contributed by atoms with van der Waals surface area (Å²) >= 11 is 0. The zero-order valence-electron chi connectivity index (χ0n) is 15.5. The van der Waals surface area contributed by atoms with Crippen molar-refractivity contribution in [1.82, 2.24) is 10.2 Å². The van der Waals surface area contributed by atoms with Crippen molar-refractivity contribution >= 4 is 23.2 Å². The van der Waals surface area contributed by atoms with E-state index in [9.17, 15) is 4.79 Å². The van der Waals surface area contributed by atoms with Crippen LogP contribution in [0.25, 0.3) is 0 Å². The zero-order valence-corrected chi connectivity index (χ0v) is 15.5. The Kier molecular flexibility index (Phi) is 5.09. The Labute approximate surface area is 162 Å². The average Bonchev–Trinajstić information content (AvgIpc) is 3.30. The van der Waals surface area contributed by atoms with Crippen molar-refractivity contribution in [1.29, 1.82) is 0 Å². The molecule has 1 N–H and O–H groups in total. The SMILES string of the molecule is COc1ccc(N2CCN(c3ccc(NC(=O)c4ccco4)nn3)CC2)cc1. The van der Waals surface area contributed by atoms with Gasteiger partial charge in [0.25, 0.3) is 5.91 Å². The number of amides is 1. The second kappa shape index (κ2) is 7.99. The molecule has 1 fully saturated rings. The van der Waals surface area contributed by atoms with E-state index >= 15 is 0 Å². The van der Waals surface area contributed by atoms with E-state index in [0.717, 1.165) is 37.7 Å². The van der Waals surface area contributed by atoms with Gasteiger partial charge in [-0.3, -0.25) is 4.79 Å². The summed E-state index contributed by atoms with van der Waals surface area (Å²) in [5, 5.41) is 11.0. The van der Waals surface area contributed by atoms with Crippen LogP contribution >= 0.6 is 0 Å². The molecule has 144 valence electrons. The van der Waals surface area contributed by atoms with Gasteiger partial charge < -0.3 is 24.3 Å². The number of piperazine rings is 1. The van der Waals surface area contributed by atoms with E-state index in [2.05, 4.69) is 37.4 Å². The molecule has 0 spiro atoms. The van der Waals surface area contributed by atoms with Crippen molar-refractivity contribution in [3.8, 4) is 5.75 Å². The number of hydrogen-bond acceptors (Lipinski definition) is 7. The van der Waals surface area contributed by atoms with Crippen LogP contribution < -0.4 is 19.9 Å². The average molecular weight is 379 g/mol. The highest BCUT2D eigenvalue weighted by atomic mass is 16.5. The maximum atomic E-state index is 12.0. The summed E-state index contributed by atoms with van der Waals surface area (Å²) in [4.78, 5) is 16.5. The number of carbonyl (C=O) groups is 1. The van der Waals surface area contributed by atoms with Gasteiger partial charge in [-0.15, -0.1) is 10.2 Å². The van der Waals surface area contributed by atoms with Crippen molar-refractivity contribution in [3.05, 3.63) is 60.6 Å². The third-order valence-electron chi connectivity index (χ3n) is 4.68. The van der Waals surface area contributed by atoms with Crippen molar-refractivity contribution in [2.75, 3.05) is 48.4 Å². The highest BCUT2D eigenvalue weighted by Gasteiger charge is 2.19. The molecule has 8 nitrogen and oxygen atoms in total. The lowest BCUT2D eigenvalue weighted by atomic mass is 10.2. The number of nitrogens with one attached hydrogen (secondary N) is 1. The van der Waals surface area contributed by atoms with Crippen LogP contribution in [-0.2, 0) is 0 Å². The largest absolute Gasteiger partial charge is 0.497 e. The van der Waals surface area contributed by atoms with Gasteiger partial charge in [0.1, 0.15) is 5.75 Å². The molecule has 1 saturated heterocycles. The van der Waals surface area contributed by atoms with Crippen LogP contribution in [0.4, 0.5) is 17.3 Å². The van der Waals surface area contributed by atoms with E-state index in [1.807, 2.05) is 18.2 Å². The Morgan fingerprint density at radius 2 is 1.75 bits per heavy atom. The molecule has 1 aliphatic rings. The fourth-order valence-corrected chi connectivity index (χ4v) is 3.13. The molecule has 3 heterocycles. The molecule has 3 aromatic rings. The summed E-state index contributed by atoms with van der Waals surface area (Å²) in [6, 6.07) is 15.0. The number of nitrogens with zero attached hydrogens (tertiary/aromatic N) is 4. The van der Waals surface area contributed by atoms with Gasteiger partial charge in [0.15, 0.2) is 17.4 Å². The lowest BCUT2D eigenvalue weighted by molar-refractivity contribution is 0.0996. The molecule has 0 radical (unpaired) electrons. The second-order valence-corrected chi connectivity index (χ2v) is 6.38. The van der Waals surface area contributed by atoms with Gasteiger partial charge in [0.05, 0.1) is 13.4 Å². The zero-order chi connectivity index (χ0) is 19.3. The van der Waals surface area contributed by atoms with E-state index in [4.69, 9.17) is 9.15 Å². The topological polar surface area (TPSA) is 83.7 Å². The lowest BCUT2D eigenvalue weighted by Crippen LogP contribution is -2.46. The van der Waals surface area contributed by atoms with Crippen LogP contribution in [0.5, 0.6) is 5.75 Å². The number of aromatic nitrogens is 2. The quantitative estimate of drug-likeness (QED) is 0.730. The summed E-state index contributed by atoms with van der Waals surface area (Å²) in [5.41, 5.74) is 1.18. The molecule has 0 unspecified atom stereocenters. The molecule has 28 heavy (non-hydrogen) atoms. The Morgan fingerprint density at radius 3 is 2.36 bits per heavy atom. The monoisotopic (exact) mass is 379 g/mol. The minimum Gasteiger partial charge on any atom is -0.497 e. The van der Waals surface area contributed by atoms with Gasteiger partial charge in [-0.1, -0.05) is 0 Å². The first-order valence-corrected chi connectivity index (χ1v) is 9.05. The second-order valence-electron chi connectivity index (χ2n) is 6.38. The summed E-state index contributed by atoms with van der Waals surface area (Å²) in [6.45, 7) is 3.48. The Bertz CT molecular complexity index is 902. The molecule has 0 saturated carbocycles. The third-order valence-corrected chi connectivity index (χ3v) is 4.68. The molecule has 8 heteroatoms. The summed E-state index contributed by atoms with van der Waals surface area (Å²) in [7, 11) is 1.67. The van der Waals surface area contributed by atoms with Crippen molar-refractivity contribution in [2.45, 2.75) is 0 Å². The van der Waals surface area contributed by atoms with E-state index in [-0.39, 0.29) is 11.7 Å². The first kappa shape index (κ1) is 17.8.